The number of nitriles is 1. The van der Waals surface area contributed by atoms with Gasteiger partial charge in [0.2, 0.25) is 0 Å². The van der Waals surface area contributed by atoms with E-state index in [1.807, 2.05) is 0 Å². The molecule has 0 fully saturated rings. The Labute approximate surface area is 113 Å². The second-order valence-corrected chi connectivity index (χ2v) is 4.04. The van der Waals surface area contributed by atoms with E-state index in [1.54, 1.807) is 6.07 Å². The van der Waals surface area contributed by atoms with E-state index in [1.165, 1.54) is 36.4 Å². The van der Waals surface area contributed by atoms with E-state index in [0.717, 1.165) is 0 Å². The van der Waals surface area contributed by atoms with Crippen LogP contribution in [0.4, 0.5) is 4.39 Å². The lowest BCUT2D eigenvalue weighted by Crippen LogP contribution is -1.92. The fourth-order valence-corrected chi connectivity index (χ4v) is 1.72. The Hall–Kier alpha value is -2.38. The molecule has 0 bridgehead atoms. The molecule has 5 heteroatoms. The van der Waals surface area contributed by atoms with Crippen LogP contribution in [0.5, 0.6) is 11.5 Å². The third kappa shape index (κ3) is 2.72. The van der Waals surface area contributed by atoms with Crippen molar-refractivity contribution in [2.75, 3.05) is 0 Å². The molecule has 19 heavy (non-hydrogen) atoms. The zero-order chi connectivity index (χ0) is 13.8. The monoisotopic (exact) mass is 275 g/mol. The van der Waals surface area contributed by atoms with E-state index < -0.39 is 5.82 Å². The van der Waals surface area contributed by atoms with Crippen molar-refractivity contribution in [2.24, 2.45) is 0 Å². The molecule has 0 saturated carbocycles. The summed E-state index contributed by atoms with van der Waals surface area (Å²) in [6.45, 7) is 0. The summed E-state index contributed by atoms with van der Waals surface area (Å²) >= 11 is 5.93. The molecule has 94 valence electrons. The van der Waals surface area contributed by atoms with Gasteiger partial charge in [0.05, 0.1) is 5.02 Å². The largest absolute Gasteiger partial charge is 0.454 e. The molecule has 0 heterocycles. The molecule has 0 atom stereocenters. The molecule has 0 N–H and O–H groups in total. The maximum atomic E-state index is 13.4. The molecule has 0 radical (unpaired) electrons. The first-order valence-electron chi connectivity index (χ1n) is 5.27. The summed E-state index contributed by atoms with van der Waals surface area (Å²) in [5, 5.41) is 9.09. The SMILES string of the molecule is N#Cc1c(F)cccc1Oc1ccc(C=O)cc1Cl. The number of hydrogen-bond acceptors (Lipinski definition) is 3. The third-order valence-corrected chi connectivity index (χ3v) is 2.69. The normalized spacial score (nSPS) is 9.74. The topological polar surface area (TPSA) is 50.1 Å². The van der Waals surface area contributed by atoms with Crippen LogP contribution in [0.25, 0.3) is 0 Å². The zero-order valence-corrected chi connectivity index (χ0v) is 10.3. The zero-order valence-electron chi connectivity index (χ0n) is 9.56. The first kappa shape index (κ1) is 13.1. The van der Waals surface area contributed by atoms with Crippen molar-refractivity contribution in [3.63, 3.8) is 0 Å². The lowest BCUT2D eigenvalue weighted by molar-refractivity contribution is 0.112. The first-order chi connectivity index (χ1) is 9.15. The van der Waals surface area contributed by atoms with Gasteiger partial charge in [-0.3, -0.25) is 4.79 Å². The summed E-state index contributed by atoms with van der Waals surface area (Å²) in [5.41, 5.74) is 0.204. The summed E-state index contributed by atoms with van der Waals surface area (Å²) in [4.78, 5) is 10.6. The summed E-state index contributed by atoms with van der Waals surface area (Å²) in [6, 6.07) is 10.2. The summed E-state index contributed by atoms with van der Waals surface area (Å²) < 4.78 is 18.8. The summed E-state index contributed by atoms with van der Waals surface area (Å²) in [5.74, 6) is -0.349. The molecule has 0 aliphatic heterocycles. The van der Waals surface area contributed by atoms with E-state index in [4.69, 9.17) is 21.6 Å². The number of halogens is 2. The molecule has 0 aliphatic rings. The molecule has 0 unspecified atom stereocenters. The van der Waals surface area contributed by atoms with Gasteiger partial charge in [0.1, 0.15) is 35.2 Å². The van der Waals surface area contributed by atoms with E-state index >= 15 is 0 Å². The Morgan fingerprint density at radius 2 is 2.05 bits per heavy atom. The predicted octanol–water partition coefficient (Wildman–Crippen LogP) is 3.96. The van der Waals surface area contributed by atoms with E-state index in [-0.39, 0.29) is 22.1 Å². The summed E-state index contributed by atoms with van der Waals surface area (Å²) in [6.07, 6.45) is 0.651. The van der Waals surface area contributed by atoms with Gasteiger partial charge in [-0.05, 0) is 30.3 Å². The third-order valence-electron chi connectivity index (χ3n) is 2.40. The molecule has 3 nitrogen and oxygen atoms in total. The number of benzene rings is 2. The Kier molecular flexibility index (Phi) is 3.79. The maximum absolute atomic E-state index is 13.4. The summed E-state index contributed by atoms with van der Waals surface area (Å²) in [7, 11) is 0. The number of nitrogens with zero attached hydrogens (tertiary/aromatic N) is 1. The van der Waals surface area contributed by atoms with Crippen LogP contribution in [-0.4, -0.2) is 6.29 Å². The van der Waals surface area contributed by atoms with Crippen molar-refractivity contribution in [1.29, 1.82) is 5.26 Å². The molecule has 2 aromatic rings. The Balaban J connectivity index is 2.40. The predicted molar refractivity (Wildman–Crippen MR) is 68.0 cm³/mol. The van der Waals surface area contributed by atoms with Gasteiger partial charge in [0.15, 0.2) is 0 Å². The fourth-order valence-electron chi connectivity index (χ4n) is 1.49. The number of carbonyl (C=O) groups is 1. The van der Waals surface area contributed by atoms with Crippen molar-refractivity contribution in [3.05, 3.63) is 58.4 Å². The van der Waals surface area contributed by atoms with Crippen LogP contribution < -0.4 is 4.74 Å². The highest BCUT2D eigenvalue weighted by Crippen LogP contribution is 2.32. The molecular formula is C14H7ClFNO2. The number of ether oxygens (including phenoxy) is 1. The van der Waals surface area contributed by atoms with Crippen molar-refractivity contribution < 1.29 is 13.9 Å². The Morgan fingerprint density at radius 3 is 2.68 bits per heavy atom. The lowest BCUT2D eigenvalue weighted by Gasteiger charge is -2.09. The molecule has 2 aromatic carbocycles. The lowest BCUT2D eigenvalue weighted by atomic mass is 10.2. The van der Waals surface area contributed by atoms with E-state index in [9.17, 15) is 9.18 Å². The van der Waals surface area contributed by atoms with Crippen molar-refractivity contribution in [3.8, 4) is 17.6 Å². The van der Waals surface area contributed by atoms with Gasteiger partial charge in [-0.2, -0.15) is 5.26 Å². The minimum Gasteiger partial charge on any atom is -0.454 e. The molecule has 0 aromatic heterocycles. The highest BCUT2D eigenvalue weighted by molar-refractivity contribution is 6.32. The van der Waals surface area contributed by atoms with Crippen LogP contribution >= 0.6 is 11.6 Å². The fraction of sp³-hybridized carbons (Fsp3) is 0. The van der Waals surface area contributed by atoms with Crippen LogP contribution in [0, 0.1) is 17.1 Å². The van der Waals surface area contributed by atoms with Gasteiger partial charge in [0.25, 0.3) is 0 Å². The molecule has 0 amide bonds. The number of rotatable bonds is 3. The standard InChI is InChI=1S/C14H7ClFNO2/c15-11-6-9(8-18)4-5-14(11)19-13-3-1-2-12(16)10(13)7-17/h1-6,8H. The van der Waals surface area contributed by atoms with Crippen LogP contribution in [0.2, 0.25) is 5.02 Å². The van der Waals surface area contributed by atoms with Gasteiger partial charge < -0.3 is 4.74 Å². The van der Waals surface area contributed by atoms with Crippen molar-refractivity contribution in [1.82, 2.24) is 0 Å². The highest BCUT2D eigenvalue weighted by atomic mass is 35.5. The number of hydrogen-bond donors (Lipinski definition) is 0. The van der Waals surface area contributed by atoms with Crippen LogP contribution in [0.1, 0.15) is 15.9 Å². The quantitative estimate of drug-likeness (QED) is 0.797. The average molecular weight is 276 g/mol. The second kappa shape index (κ2) is 5.51. The van der Waals surface area contributed by atoms with Crippen LogP contribution in [-0.2, 0) is 0 Å². The highest BCUT2D eigenvalue weighted by Gasteiger charge is 2.11. The van der Waals surface area contributed by atoms with Gasteiger partial charge in [-0.1, -0.05) is 17.7 Å². The van der Waals surface area contributed by atoms with Crippen LogP contribution in [0.3, 0.4) is 0 Å². The minimum atomic E-state index is -0.666. The van der Waals surface area contributed by atoms with E-state index in [2.05, 4.69) is 0 Å². The number of aldehydes is 1. The maximum Gasteiger partial charge on any atom is 0.150 e. The first-order valence-corrected chi connectivity index (χ1v) is 5.64. The van der Waals surface area contributed by atoms with Crippen LogP contribution in [0.15, 0.2) is 36.4 Å². The number of carbonyl (C=O) groups excluding carboxylic acids is 1. The average Bonchev–Trinajstić information content (AvgIpc) is 2.41. The van der Waals surface area contributed by atoms with Crippen molar-refractivity contribution >= 4 is 17.9 Å². The molecular weight excluding hydrogens is 269 g/mol. The smallest absolute Gasteiger partial charge is 0.150 e. The Morgan fingerprint density at radius 1 is 1.26 bits per heavy atom. The molecule has 0 spiro atoms. The molecule has 0 saturated heterocycles. The minimum absolute atomic E-state index is 0.0725. The van der Waals surface area contributed by atoms with Gasteiger partial charge >= 0.3 is 0 Å². The van der Waals surface area contributed by atoms with E-state index in [0.29, 0.717) is 11.8 Å². The van der Waals surface area contributed by atoms with Gasteiger partial charge in [-0.25, -0.2) is 4.39 Å². The van der Waals surface area contributed by atoms with Crippen molar-refractivity contribution in [2.45, 2.75) is 0 Å². The van der Waals surface area contributed by atoms with Gasteiger partial charge in [0, 0.05) is 5.56 Å². The molecule has 2 rings (SSSR count). The second-order valence-electron chi connectivity index (χ2n) is 3.63. The molecule has 0 aliphatic carbocycles. The Bertz CT molecular complexity index is 680. The van der Waals surface area contributed by atoms with Gasteiger partial charge in [-0.15, -0.1) is 0 Å².